The van der Waals surface area contributed by atoms with E-state index in [1.54, 1.807) is 7.11 Å². The Morgan fingerprint density at radius 1 is 1.31 bits per heavy atom. The van der Waals surface area contributed by atoms with E-state index in [0.717, 1.165) is 30.7 Å². The Bertz CT molecular complexity index is 882. The summed E-state index contributed by atoms with van der Waals surface area (Å²) in [6.45, 7) is 12.8. The van der Waals surface area contributed by atoms with Crippen molar-refractivity contribution in [1.29, 1.82) is 0 Å². The summed E-state index contributed by atoms with van der Waals surface area (Å²) in [6, 6.07) is -0.250. The Morgan fingerprint density at radius 2 is 2.06 bits per heavy atom. The Morgan fingerprint density at radius 3 is 2.66 bits per heavy atom. The number of aliphatic hydroxyl groups is 1. The van der Waals surface area contributed by atoms with Crippen LogP contribution in [0.15, 0.2) is 36.0 Å². The number of nitrogens with zero attached hydrogens (tertiary/aromatic N) is 2. The van der Waals surface area contributed by atoms with Crippen LogP contribution < -0.4 is 5.32 Å². The zero-order valence-electron chi connectivity index (χ0n) is 19.8. The molecule has 3 amide bonds. The summed E-state index contributed by atoms with van der Waals surface area (Å²) in [5.74, 6) is 0.212. The smallest absolute Gasteiger partial charge is 0.325 e. The number of urea groups is 1. The average molecular weight is 444 g/mol. The van der Waals surface area contributed by atoms with Gasteiger partial charge >= 0.3 is 6.03 Å². The van der Waals surface area contributed by atoms with Gasteiger partial charge in [0.1, 0.15) is 5.54 Å². The van der Waals surface area contributed by atoms with Gasteiger partial charge in [-0.2, -0.15) is 0 Å². The number of likely N-dealkylation sites (N-methyl/N-ethyl adjacent to an activating group) is 2. The second-order valence-corrected chi connectivity index (χ2v) is 9.90. The lowest BCUT2D eigenvalue weighted by Gasteiger charge is -2.57. The number of imide groups is 1. The van der Waals surface area contributed by atoms with Crippen LogP contribution in [0.5, 0.6) is 0 Å². The number of allylic oxidation sites excluding steroid dienone is 3. The molecule has 4 aliphatic rings. The van der Waals surface area contributed by atoms with Crippen molar-refractivity contribution in [3.05, 3.63) is 36.0 Å². The van der Waals surface area contributed by atoms with Crippen molar-refractivity contribution in [2.75, 3.05) is 33.4 Å². The van der Waals surface area contributed by atoms with E-state index < -0.39 is 16.6 Å². The van der Waals surface area contributed by atoms with E-state index >= 15 is 0 Å². The Kier molecular flexibility index (Phi) is 5.89. The lowest BCUT2D eigenvalue weighted by atomic mass is 9.54. The molecular formula is C25H37N3O4. The maximum Gasteiger partial charge on any atom is 0.325 e. The van der Waals surface area contributed by atoms with Gasteiger partial charge in [0.2, 0.25) is 0 Å². The number of carbonyl (C=O) groups is 2. The fourth-order valence-corrected chi connectivity index (χ4v) is 7.23. The highest BCUT2D eigenvalue weighted by atomic mass is 16.5. The molecule has 4 fully saturated rings. The van der Waals surface area contributed by atoms with Gasteiger partial charge in [-0.25, -0.2) is 4.79 Å². The van der Waals surface area contributed by atoms with E-state index in [1.165, 1.54) is 4.90 Å². The van der Waals surface area contributed by atoms with Gasteiger partial charge in [-0.3, -0.25) is 14.6 Å². The standard InChI is InChI=1S/C25H37N3O4/c1-6-19(17(4)10-9-13-32-5)23-14-18-15-27(7-2)20(18)25(23,31)12-11-24(16-23)21(29)28(8-3)22(30)26-24/h6,9-10,18,20,31H,1,7-8,11-16H2,2-5H3,(H,26,30)/b10-9-,19-17+/t18?,20-,23-,24+,25-/m1/s1. The number of rotatable bonds is 7. The molecule has 0 radical (unpaired) electrons. The van der Waals surface area contributed by atoms with Gasteiger partial charge in [0.15, 0.2) is 0 Å². The first kappa shape index (κ1) is 23.2. The number of nitrogens with one attached hydrogen (secondary N) is 1. The molecule has 176 valence electrons. The summed E-state index contributed by atoms with van der Waals surface area (Å²) in [5, 5.41) is 15.4. The fraction of sp³-hybridized carbons (Fsp3) is 0.680. The second-order valence-electron chi connectivity index (χ2n) is 9.90. The Balaban J connectivity index is 1.84. The lowest BCUT2D eigenvalue weighted by Crippen LogP contribution is -2.69. The van der Waals surface area contributed by atoms with E-state index in [4.69, 9.17) is 4.74 Å². The average Bonchev–Trinajstić information content (AvgIpc) is 3.08. The maximum atomic E-state index is 13.4. The quantitative estimate of drug-likeness (QED) is 0.467. The monoisotopic (exact) mass is 443 g/mol. The van der Waals surface area contributed by atoms with Crippen LogP contribution in [0.4, 0.5) is 4.79 Å². The number of amides is 3. The number of fused-ring (bicyclic) bond motifs is 3. The van der Waals surface area contributed by atoms with Crippen LogP contribution in [0, 0.1) is 11.3 Å². The number of carbonyl (C=O) groups excluding carboxylic acids is 2. The number of hydrogen-bond acceptors (Lipinski definition) is 5. The molecule has 1 unspecified atom stereocenters. The first-order chi connectivity index (χ1) is 15.2. The van der Waals surface area contributed by atoms with Gasteiger partial charge in [-0.05, 0) is 63.1 Å². The number of likely N-dealkylation sites (tertiary alicyclic amines) is 1. The minimum Gasteiger partial charge on any atom is -0.387 e. The summed E-state index contributed by atoms with van der Waals surface area (Å²) < 4.78 is 5.17. The van der Waals surface area contributed by atoms with Gasteiger partial charge < -0.3 is 15.2 Å². The van der Waals surface area contributed by atoms with Crippen LogP contribution in [-0.2, 0) is 9.53 Å². The molecule has 5 atom stereocenters. The minimum absolute atomic E-state index is 0.0741. The van der Waals surface area contributed by atoms with Crippen LogP contribution in [0.3, 0.4) is 0 Å². The Labute approximate surface area is 191 Å². The summed E-state index contributed by atoms with van der Waals surface area (Å²) in [5.41, 5.74) is -0.595. The first-order valence-electron chi connectivity index (χ1n) is 11.8. The largest absolute Gasteiger partial charge is 0.387 e. The molecule has 2 aliphatic carbocycles. The summed E-state index contributed by atoms with van der Waals surface area (Å²) >= 11 is 0. The van der Waals surface area contributed by atoms with E-state index in [9.17, 15) is 14.7 Å². The lowest BCUT2D eigenvalue weighted by molar-refractivity contribution is -0.159. The highest BCUT2D eigenvalue weighted by Crippen LogP contribution is 2.67. The number of methoxy groups -OCH3 is 1. The molecule has 4 rings (SSSR count). The molecule has 32 heavy (non-hydrogen) atoms. The van der Waals surface area contributed by atoms with Crippen molar-refractivity contribution in [3.8, 4) is 0 Å². The maximum absolute atomic E-state index is 13.4. The molecule has 2 saturated carbocycles. The normalized spacial score (nSPS) is 39.7. The van der Waals surface area contributed by atoms with Crippen molar-refractivity contribution >= 4 is 11.9 Å². The van der Waals surface area contributed by atoms with Gasteiger partial charge in [0, 0.05) is 31.7 Å². The third-order valence-corrected chi connectivity index (χ3v) is 8.52. The van der Waals surface area contributed by atoms with Gasteiger partial charge in [0.25, 0.3) is 5.91 Å². The van der Waals surface area contributed by atoms with Crippen molar-refractivity contribution in [1.82, 2.24) is 15.1 Å². The first-order valence-corrected chi connectivity index (χ1v) is 11.8. The fourth-order valence-electron chi connectivity index (χ4n) is 7.23. The molecule has 0 aromatic heterocycles. The molecule has 7 heteroatoms. The predicted molar refractivity (Wildman–Crippen MR) is 123 cm³/mol. The summed E-state index contributed by atoms with van der Waals surface area (Å²) in [6.07, 6.45) is 7.95. The topological polar surface area (TPSA) is 82.1 Å². The Hall–Kier alpha value is -1.96. The minimum atomic E-state index is -0.971. The molecule has 1 spiro atoms. The van der Waals surface area contributed by atoms with E-state index in [1.807, 2.05) is 32.1 Å². The van der Waals surface area contributed by atoms with Gasteiger partial charge in [0.05, 0.1) is 12.2 Å². The zero-order chi connectivity index (χ0) is 23.3. The van der Waals surface area contributed by atoms with Crippen LogP contribution in [-0.4, -0.2) is 77.4 Å². The molecule has 2 aliphatic heterocycles. The van der Waals surface area contributed by atoms with E-state index in [2.05, 4.69) is 23.7 Å². The van der Waals surface area contributed by atoms with Crippen molar-refractivity contribution in [3.63, 3.8) is 0 Å². The third-order valence-electron chi connectivity index (χ3n) is 8.52. The second kappa shape index (κ2) is 8.12. The third kappa shape index (κ3) is 2.97. The predicted octanol–water partition coefficient (Wildman–Crippen LogP) is 2.63. The number of hydrogen-bond donors (Lipinski definition) is 2. The molecule has 7 nitrogen and oxygen atoms in total. The van der Waals surface area contributed by atoms with Crippen molar-refractivity contribution in [2.24, 2.45) is 11.3 Å². The molecule has 0 aromatic rings. The van der Waals surface area contributed by atoms with Crippen LogP contribution >= 0.6 is 0 Å². The molecule has 2 heterocycles. The SMILES string of the molecule is C=C/C(=C(C)\C=C/COC)[C@]12CC3CN(CC)[C@H]3[C@]1(O)CC[C@@]1(C2)NC(=O)N(CC)C1=O. The molecule has 0 bridgehead atoms. The highest BCUT2D eigenvalue weighted by Gasteiger charge is 2.74. The zero-order valence-corrected chi connectivity index (χ0v) is 19.8. The van der Waals surface area contributed by atoms with Gasteiger partial charge in [-0.15, -0.1) is 0 Å². The molecule has 2 N–H and O–H groups in total. The van der Waals surface area contributed by atoms with Crippen molar-refractivity contribution < 1.29 is 19.4 Å². The van der Waals surface area contributed by atoms with Crippen molar-refractivity contribution in [2.45, 2.75) is 63.6 Å². The van der Waals surface area contributed by atoms with Gasteiger partial charge in [-0.1, -0.05) is 31.7 Å². The number of ether oxygens (including phenoxy) is 1. The molecule has 0 aromatic carbocycles. The highest BCUT2D eigenvalue weighted by molar-refractivity contribution is 6.07. The van der Waals surface area contributed by atoms with Crippen LogP contribution in [0.25, 0.3) is 0 Å². The summed E-state index contributed by atoms with van der Waals surface area (Å²) in [4.78, 5) is 29.7. The van der Waals surface area contributed by atoms with E-state index in [-0.39, 0.29) is 18.0 Å². The summed E-state index contributed by atoms with van der Waals surface area (Å²) in [7, 11) is 1.65. The molecular weight excluding hydrogens is 406 g/mol. The molecule has 2 saturated heterocycles. The van der Waals surface area contributed by atoms with Crippen LogP contribution in [0.1, 0.15) is 46.5 Å². The van der Waals surface area contributed by atoms with Crippen LogP contribution in [0.2, 0.25) is 0 Å². The van der Waals surface area contributed by atoms with E-state index in [0.29, 0.717) is 38.3 Å².